The van der Waals surface area contributed by atoms with Gasteiger partial charge in [-0.1, -0.05) is 25.5 Å². The van der Waals surface area contributed by atoms with E-state index in [1.807, 2.05) is 6.92 Å². The van der Waals surface area contributed by atoms with Gasteiger partial charge in [-0.2, -0.15) is 13.2 Å². The van der Waals surface area contributed by atoms with Crippen LogP contribution in [0, 0.1) is 0 Å². The van der Waals surface area contributed by atoms with Crippen LogP contribution in [0.4, 0.5) is 18.0 Å². The fourth-order valence-electron chi connectivity index (χ4n) is 1.61. The van der Waals surface area contributed by atoms with Crippen molar-refractivity contribution in [3.05, 3.63) is 23.4 Å². The van der Waals surface area contributed by atoms with E-state index in [1.54, 1.807) is 33.8 Å². The number of carbonyl (C=O) groups is 2. The summed E-state index contributed by atoms with van der Waals surface area (Å²) < 4.78 is 43.9. The Hall–Kier alpha value is -2.12. The largest absolute Gasteiger partial charge is 0.455 e. The van der Waals surface area contributed by atoms with Gasteiger partial charge in [0.2, 0.25) is 0 Å². The van der Waals surface area contributed by atoms with Crippen molar-refractivity contribution in [1.29, 1.82) is 0 Å². The molecule has 0 radical (unpaired) electrons. The molecule has 0 atom stereocenters. The van der Waals surface area contributed by atoms with Crippen LogP contribution in [0.2, 0.25) is 0 Å². The number of ether oxygens (including phenoxy) is 1. The first kappa shape index (κ1) is 22.9. The van der Waals surface area contributed by atoms with Crippen LogP contribution in [0.25, 0.3) is 0 Å². The molecule has 0 saturated heterocycles. The Morgan fingerprint density at radius 2 is 1.72 bits per heavy atom. The van der Waals surface area contributed by atoms with Crippen LogP contribution >= 0.6 is 0 Å². The van der Waals surface area contributed by atoms with Crippen LogP contribution in [-0.4, -0.2) is 29.5 Å². The van der Waals surface area contributed by atoms with Crippen molar-refractivity contribution < 1.29 is 27.5 Å². The van der Waals surface area contributed by atoms with Crippen LogP contribution in [-0.2, 0) is 9.53 Å². The third-order valence-electron chi connectivity index (χ3n) is 2.84. The lowest BCUT2D eigenvalue weighted by molar-refractivity contribution is -0.166. The number of aliphatic imine (C=N–C) groups is 1. The molecule has 0 heterocycles. The number of alkyl halides is 3. The Bertz CT molecular complexity index is 583. The van der Waals surface area contributed by atoms with Gasteiger partial charge < -0.3 is 4.74 Å². The van der Waals surface area contributed by atoms with E-state index in [0.29, 0.717) is 6.42 Å². The number of nitrogens with zero attached hydrogens (tertiary/aromatic N) is 1. The van der Waals surface area contributed by atoms with E-state index in [0.717, 1.165) is 0 Å². The molecule has 0 rings (SSSR count). The summed E-state index contributed by atoms with van der Waals surface area (Å²) in [6, 6.07) is 0. The zero-order valence-electron chi connectivity index (χ0n) is 15.4. The Labute approximate surface area is 146 Å². The number of rotatable bonds is 5. The zero-order valence-corrected chi connectivity index (χ0v) is 15.4. The fraction of sp³-hybridized carbons (Fsp3) is 0.588. The SMILES string of the molecule is CC/C=C/N=C(NC(=O)OC(C)(C)C)/C(C(=O)C(F)(F)F)=C(\C)CC. The van der Waals surface area contributed by atoms with Gasteiger partial charge in [-0.25, -0.2) is 9.79 Å². The number of Topliss-reactive ketones (excluding diaryl/α,β-unsaturated/α-hetero) is 1. The third kappa shape index (κ3) is 8.51. The summed E-state index contributed by atoms with van der Waals surface area (Å²) in [4.78, 5) is 27.6. The number of alkyl carbamates (subject to hydrolysis) is 1. The Kier molecular flexibility index (Phi) is 8.59. The van der Waals surface area contributed by atoms with Crippen LogP contribution < -0.4 is 5.32 Å². The van der Waals surface area contributed by atoms with Crippen molar-refractivity contribution >= 4 is 17.7 Å². The van der Waals surface area contributed by atoms with Gasteiger partial charge in [-0.3, -0.25) is 10.1 Å². The number of hydrogen-bond acceptors (Lipinski definition) is 4. The average molecular weight is 362 g/mol. The van der Waals surface area contributed by atoms with Crippen LogP contribution in [0.15, 0.2) is 28.4 Å². The minimum Gasteiger partial charge on any atom is -0.444 e. The van der Waals surface area contributed by atoms with Gasteiger partial charge in [0.15, 0.2) is 0 Å². The Balaban J connectivity index is 5.99. The van der Waals surface area contributed by atoms with Crippen LogP contribution in [0.5, 0.6) is 0 Å². The van der Waals surface area contributed by atoms with Gasteiger partial charge in [0.1, 0.15) is 11.4 Å². The zero-order chi connectivity index (χ0) is 19.8. The quantitative estimate of drug-likeness (QED) is 0.438. The highest BCUT2D eigenvalue weighted by Crippen LogP contribution is 2.24. The molecule has 0 bridgehead atoms. The highest BCUT2D eigenvalue weighted by Gasteiger charge is 2.43. The standard InChI is InChI=1S/C17H25F3N2O3/c1-7-9-10-21-14(22-15(24)25-16(4,5)6)12(11(3)8-2)13(23)17(18,19)20/h9-10H,7-8H2,1-6H3,(H,21,22,24)/b10-9+,12-11+. The smallest absolute Gasteiger partial charge is 0.444 e. The van der Waals surface area contributed by atoms with Gasteiger partial charge in [0.05, 0.1) is 5.57 Å². The summed E-state index contributed by atoms with van der Waals surface area (Å²) in [5, 5.41) is 2.16. The second-order valence-corrected chi connectivity index (χ2v) is 6.23. The lowest BCUT2D eigenvalue weighted by Gasteiger charge is -2.21. The number of halogens is 3. The number of amidine groups is 1. The molecule has 0 unspecified atom stereocenters. The van der Waals surface area contributed by atoms with Gasteiger partial charge in [-0.15, -0.1) is 0 Å². The molecule has 0 aliphatic rings. The molecule has 0 aliphatic carbocycles. The fourth-order valence-corrected chi connectivity index (χ4v) is 1.61. The lowest BCUT2D eigenvalue weighted by Crippen LogP contribution is -2.41. The first-order chi connectivity index (χ1) is 11.3. The van der Waals surface area contributed by atoms with E-state index < -0.39 is 35.1 Å². The van der Waals surface area contributed by atoms with E-state index in [4.69, 9.17) is 4.74 Å². The average Bonchev–Trinajstić information content (AvgIpc) is 2.44. The summed E-state index contributed by atoms with van der Waals surface area (Å²) in [7, 11) is 0. The second-order valence-electron chi connectivity index (χ2n) is 6.23. The molecule has 142 valence electrons. The van der Waals surface area contributed by atoms with Crippen molar-refractivity contribution in [3.63, 3.8) is 0 Å². The summed E-state index contributed by atoms with van der Waals surface area (Å²) in [5.41, 5.74) is -1.38. The topological polar surface area (TPSA) is 67.8 Å². The van der Waals surface area contributed by atoms with Crippen LogP contribution in [0.1, 0.15) is 54.4 Å². The maximum absolute atomic E-state index is 13.0. The summed E-state index contributed by atoms with van der Waals surface area (Å²) in [5.74, 6) is -2.55. The molecule has 0 aromatic heterocycles. The second kappa shape index (κ2) is 9.39. The first-order valence-corrected chi connectivity index (χ1v) is 7.87. The minimum absolute atomic E-state index is 0.155. The van der Waals surface area contributed by atoms with Crippen LogP contribution in [0.3, 0.4) is 0 Å². The molecule has 25 heavy (non-hydrogen) atoms. The normalized spacial score (nSPS) is 14.4. The van der Waals surface area contributed by atoms with E-state index in [-0.39, 0.29) is 12.0 Å². The summed E-state index contributed by atoms with van der Waals surface area (Å²) in [6.07, 6.45) is -2.50. The highest BCUT2D eigenvalue weighted by molar-refractivity contribution is 6.26. The number of carbonyl (C=O) groups excluding carboxylic acids is 2. The Morgan fingerprint density at radius 3 is 2.12 bits per heavy atom. The molecule has 1 amide bonds. The van der Waals surface area contributed by atoms with Gasteiger partial charge in [0, 0.05) is 6.20 Å². The number of nitrogens with one attached hydrogen (secondary N) is 1. The van der Waals surface area contributed by atoms with E-state index in [1.165, 1.54) is 13.1 Å². The number of allylic oxidation sites excluding steroid dienone is 2. The van der Waals surface area contributed by atoms with Crippen molar-refractivity contribution in [2.75, 3.05) is 0 Å². The molecule has 0 aromatic rings. The van der Waals surface area contributed by atoms with Gasteiger partial charge >= 0.3 is 12.3 Å². The van der Waals surface area contributed by atoms with Crippen molar-refractivity contribution in [3.8, 4) is 0 Å². The molecule has 0 aliphatic heterocycles. The maximum Gasteiger partial charge on any atom is 0.455 e. The Morgan fingerprint density at radius 1 is 1.16 bits per heavy atom. The summed E-state index contributed by atoms with van der Waals surface area (Å²) in [6.45, 7) is 9.61. The first-order valence-electron chi connectivity index (χ1n) is 7.87. The predicted octanol–water partition coefficient (Wildman–Crippen LogP) is 4.69. The van der Waals surface area contributed by atoms with Crippen molar-refractivity contribution in [2.45, 2.75) is 66.2 Å². The van der Waals surface area contributed by atoms with E-state index >= 15 is 0 Å². The molecule has 8 heteroatoms. The predicted molar refractivity (Wildman–Crippen MR) is 90.3 cm³/mol. The van der Waals surface area contributed by atoms with Gasteiger partial charge in [0.25, 0.3) is 5.78 Å². The molecule has 0 aromatic carbocycles. The van der Waals surface area contributed by atoms with Crippen molar-refractivity contribution in [1.82, 2.24) is 5.32 Å². The monoisotopic (exact) mass is 362 g/mol. The minimum atomic E-state index is -5.09. The molecule has 5 nitrogen and oxygen atoms in total. The number of hydrogen-bond donors (Lipinski definition) is 1. The maximum atomic E-state index is 13.0. The molecule has 0 spiro atoms. The number of amides is 1. The van der Waals surface area contributed by atoms with Gasteiger partial charge in [-0.05, 0) is 40.5 Å². The highest BCUT2D eigenvalue weighted by atomic mass is 19.4. The van der Waals surface area contributed by atoms with E-state index in [9.17, 15) is 22.8 Å². The molecule has 1 N–H and O–H groups in total. The molecule has 0 saturated carbocycles. The summed E-state index contributed by atoms with van der Waals surface area (Å²) >= 11 is 0. The number of ketones is 1. The van der Waals surface area contributed by atoms with Crippen molar-refractivity contribution in [2.24, 2.45) is 4.99 Å². The molecular weight excluding hydrogens is 337 g/mol. The lowest BCUT2D eigenvalue weighted by atomic mass is 10.0. The molecule has 0 fully saturated rings. The molecular formula is C17H25F3N2O3. The van der Waals surface area contributed by atoms with E-state index in [2.05, 4.69) is 10.3 Å². The third-order valence-corrected chi connectivity index (χ3v) is 2.84.